The molecule has 0 amide bonds. The molecule has 1 rings (SSSR count). The minimum absolute atomic E-state index is 0.0789. The van der Waals surface area contributed by atoms with Gasteiger partial charge < -0.3 is 10.8 Å². The minimum atomic E-state index is -4.39. The van der Waals surface area contributed by atoms with Crippen LogP contribution in [0.4, 0.5) is 13.2 Å². The van der Waals surface area contributed by atoms with Crippen LogP contribution in [-0.2, 0) is 7.05 Å². The van der Waals surface area contributed by atoms with Crippen molar-refractivity contribution in [2.75, 3.05) is 6.54 Å². The number of aromatic nitrogens is 2. The van der Waals surface area contributed by atoms with E-state index >= 15 is 0 Å². The van der Waals surface area contributed by atoms with Gasteiger partial charge in [-0.3, -0.25) is 9.67 Å². The Kier molecular flexibility index (Phi) is 5.35. The van der Waals surface area contributed by atoms with E-state index in [0.29, 0.717) is 9.26 Å². The van der Waals surface area contributed by atoms with Gasteiger partial charge in [0.05, 0.1) is 0 Å². The molecule has 0 saturated carbocycles. The van der Waals surface area contributed by atoms with Gasteiger partial charge in [-0.05, 0) is 22.6 Å². The highest BCUT2D eigenvalue weighted by Gasteiger charge is 2.26. The SMILES string of the molecule is Cn1cc(C(O)/C(C=NCC(F)(F)F)=C/N)c(I)n1. The average molecular weight is 388 g/mol. The number of aliphatic hydroxyl groups is 1. The van der Waals surface area contributed by atoms with Gasteiger partial charge in [0.1, 0.15) is 16.3 Å². The molecule has 0 saturated heterocycles. The number of hydrogen-bond acceptors (Lipinski definition) is 4. The highest BCUT2D eigenvalue weighted by atomic mass is 127. The van der Waals surface area contributed by atoms with Crippen LogP contribution >= 0.6 is 22.6 Å². The highest BCUT2D eigenvalue weighted by molar-refractivity contribution is 14.1. The Morgan fingerprint density at radius 2 is 2.32 bits per heavy atom. The zero-order valence-corrected chi connectivity index (χ0v) is 12.1. The molecule has 1 aromatic heterocycles. The lowest BCUT2D eigenvalue weighted by Crippen LogP contribution is -2.13. The van der Waals surface area contributed by atoms with Crippen LogP contribution in [0, 0.1) is 3.70 Å². The first kappa shape index (κ1) is 16.0. The van der Waals surface area contributed by atoms with Gasteiger partial charge in [0.25, 0.3) is 0 Å². The molecule has 19 heavy (non-hydrogen) atoms. The van der Waals surface area contributed by atoms with E-state index in [-0.39, 0.29) is 5.57 Å². The molecule has 1 unspecified atom stereocenters. The molecule has 3 N–H and O–H groups in total. The molecule has 1 atom stereocenters. The minimum Gasteiger partial charge on any atom is -0.404 e. The molecule has 5 nitrogen and oxygen atoms in total. The predicted octanol–water partition coefficient (Wildman–Crippen LogP) is 1.53. The van der Waals surface area contributed by atoms with Crippen molar-refractivity contribution in [3.05, 3.63) is 27.2 Å². The summed E-state index contributed by atoms with van der Waals surface area (Å²) >= 11 is 1.91. The fraction of sp³-hybridized carbons (Fsp3) is 0.400. The monoisotopic (exact) mass is 388 g/mol. The van der Waals surface area contributed by atoms with E-state index in [0.717, 1.165) is 12.4 Å². The Balaban J connectivity index is 2.84. The standard InChI is InChI=1S/C10H12F3IN4O/c1-18-4-7(9(14)17-18)8(19)6(2-15)3-16-5-10(11,12)13/h2-4,8,19H,5,15H2,1H3/b6-2+,16-3?. The molecule has 0 fully saturated rings. The zero-order valence-electron chi connectivity index (χ0n) is 9.89. The van der Waals surface area contributed by atoms with Crippen LogP contribution in [0.15, 0.2) is 23.0 Å². The largest absolute Gasteiger partial charge is 0.407 e. The van der Waals surface area contributed by atoms with Crippen LogP contribution in [0.2, 0.25) is 0 Å². The maximum atomic E-state index is 12.0. The molecule has 0 aliphatic heterocycles. The fourth-order valence-corrected chi connectivity index (χ4v) is 2.08. The number of aliphatic imine (C=N–C) groups is 1. The molecule has 0 radical (unpaired) electrons. The molecule has 0 aliphatic rings. The molecule has 0 aliphatic carbocycles. The summed E-state index contributed by atoms with van der Waals surface area (Å²) in [5.74, 6) is 0. The summed E-state index contributed by atoms with van der Waals surface area (Å²) in [6, 6.07) is 0. The van der Waals surface area contributed by atoms with Gasteiger partial charge in [0.2, 0.25) is 0 Å². The average Bonchev–Trinajstić information content (AvgIpc) is 2.62. The van der Waals surface area contributed by atoms with E-state index in [1.165, 1.54) is 4.68 Å². The van der Waals surface area contributed by atoms with Gasteiger partial charge in [-0.25, -0.2) is 0 Å². The van der Waals surface area contributed by atoms with Gasteiger partial charge in [0, 0.05) is 36.8 Å². The number of aliphatic hydroxyl groups excluding tert-OH is 1. The second-order valence-electron chi connectivity index (χ2n) is 3.70. The Bertz CT molecular complexity index is 495. The number of nitrogens with two attached hydrogens (primary N) is 1. The first-order chi connectivity index (χ1) is 8.74. The number of rotatable bonds is 4. The number of halogens is 4. The van der Waals surface area contributed by atoms with Crippen molar-refractivity contribution in [1.82, 2.24) is 9.78 Å². The van der Waals surface area contributed by atoms with Crippen molar-refractivity contribution in [3.8, 4) is 0 Å². The zero-order chi connectivity index (χ0) is 14.6. The lowest BCUT2D eigenvalue weighted by molar-refractivity contribution is -0.118. The number of nitrogens with zero attached hydrogens (tertiary/aromatic N) is 3. The van der Waals surface area contributed by atoms with Crippen molar-refractivity contribution in [2.45, 2.75) is 12.3 Å². The number of aryl methyl sites for hydroxylation is 1. The first-order valence-electron chi connectivity index (χ1n) is 5.10. The van der Waals surface area contributed by atoms with E-state index in [9.17, 15) is 18.3 Å². The Morgan fingerprint density at radius 3 is 2.74 bits per heavy atom. The smallest absolute Gasteiger partial charge is 0.404 e. The topological polar surface area (TPSA) is 76.4 Å². The molecule has 0 spiro atoms. The van der Waals surface area contributed by atoms with Gasteiger partial charge in [-0.2, -0.15) is 18.3 Å². The maximum Gasteiger partial charge on any atom is 0.407 e. The molecule has 0 aromatic carbocycles. The first-order valence-corrected chi connectivity index (χ1v) is 6.18. The van der Waals surface area contributed by atoms with Crippen LogP contribution in [0.3, 0.4) is 0 Å². The van der Waals surface area contributed by atoms with Crippen molar-refractivity contribution in [2.24, 2.45) is 17.8 Å². The third-order valence-corrected chi connectivity index (χ3v) is 2.96. The third-order valence-electron chi connectivity index (χ3n) is 2.12. The normalized spacial score (nSPS) is 15.2. The molecular formula is C10H12F3IN4O. The van der Waals surface area contributed by atoms with E-state index in [2.05, 4.69) is 10.1 Å². The second kappa shape index (κ2) is 6.37. The Morgan fingerprint density at radius 1 is 1.68 bits per heavy atom. The maximum absolute atomic E-state index is 12.0. The fourth-order valence-electron chi connectivity index (χ4n) is 1.30. The molecule has 1 aromatic rings. The summed E-state index contributed by atoms with van der Waals surface area (Å²) < 4.78 is 37.9. The van der Waals surface area contributed by atoms with Crippen molar-refractivity contribution in [1.29, 1.82) is 0 Å². The molecular weight excluding hydrogens is 376 g/mol. The molecule has 0 bridgehead atoms. The number of hydrogen-bond donors (Lipinski definition) is 2. The molecule has 106 valence electrons. The van der Waals surface area contributed by atoms with Crippen LogP contribution in [-0.4, -0.2) is 33.8 Å². The van der Waals surface area contributed by atoms with E-state index in [4.69, 9.17) is 5.73 Å². The lowest BCUT2D eigenvalue weighted by atomic mass is 10.1. The van der Waals surface area contributed by atoms with E-state index in [1.807, 2.05) is 22.6 Å². The van der Waals surface area contributed by atoms with Crippen LogP contribution in [0.5, 0.6) is 0 Å². The summed E-state index contributed by atoms with van der Waals surface area (Å²) in [6.45, 7) is -1.32. The summed E-state index contributed by atoms with van der Waals surface area (Å²) in [6.07, 6.45) is -2.05. The Hall–Kier alpha value is -1.10. The van der Waals surface area contributed by atoms with Crippen molar-refractivity contribution < 1.29 is 18.3 Å². The molecule has 9 heteroatoms. The Labute approximate surface area is 121 Å². The van der Waals surface area contributed by atoms with Gasteiger partial charge in [-0.15, -0.1) is 0 Å². The van der Waals surface area contributed by atoms with E-state index in [1.54, 1.807) is 13.2 Å². The van der Waals surface area contributed by atoms with E-state index < -0.39 is 18.8 Å². The second-order valence-corrected chi connectivity index (χ2v) is 4.72. The van der Waals surface area contributed by atoms with Gasteiger partial charge in [-0.1, -0.05) is 0 Å². The van der Waals surface area contributed by atoms with Crippen LogP contribution < -0.4 is 5.73 Å². The van der Waals surface area contributed by atoms with Crippen LogP contribution in [0.1, 0.15) is 11.7 Å². The highest BCUT2D eigenvalue weighted by Crippen LogP contribution is 2.24. The van der Waals surface area contributed by atoms with Gasteiger partial charge in [0.15, 0.2) is 0 Å². The van der Waals surface area contributed by atoms with Crippen molar-refractivity contribution >= 4 is 28.8 Å². The van der Waals surface area contributed by atoms with Crippen molar-refractivity contribution in [3.63, 3.8) is 0 Å². The third kappa shape index (κ3) is 4.82. The number of alkyl halides is 3. The summed E-state index contributed by atoms with van der Waals surface area (Å²) in [7, 11) is 1.67. The van der Waals surface area contributed by atoms with Crippen LogP contribution in [0.25, 0.3) is 0 Å². The summed E-state index contributed by atoms with van der Waals surface area (Å²) in [5.41, 5.74) is 5.83. The molecule has 1 heterocycles. The lowest BCUT2D eigenvalue weighted by Gasteiger charge is -2.09. The predicted molar refractivity (Wildman–Crippen MR) is 72.6 cm³/mol. The quantitative estimate of drug-likeness (QED) is 0.607. The summed E-state index contributed by atoms with van der Waals surface area (Å²) in [5, 5.41) is 14.0. The summed E-state index contributed by atoms with van der Waals surface area (Å²) in [4.78, 5) is 3.21. The van der Waals surface area contributed by atoms with Gasteiger partial charge >= 0.3 is 6.18 Å².